The molecule has 0 heterocycles. The fourth-order valence-electron chi connectivity index (χ4n) is 2.76. The van der Waals surface area contributed by atoms with Crippen molar-refractivity contribution < 1.29 is 18.6 Å². The van der Waals surface area contributed by atoms with E-state index in [1.807, 2.05) is 65.0 Å². The van der Waals surface area contributed by atoms with E-state index in [-0.39, 0.29) is 18.2 Å². The van der Waals surface area contributed by atoms with Crippen molar-refractivity contribution in [3.8, 4) is 0 Å². The molecule has 5 nitrogen and oxygen atoms in total. The average Bonchev–Trinajstić information content (AvgIpc) is 2.56. The van der Waals surface area contributed by atoms with Gasteiger partial charge >= 0.3 is 5.97 Å². The van der Waals surface area contributed by atoms with Gasteiger partial charge in [-0.05, 0) is 40.2 Å². The van der Waals surface area contributed by atoms with Gasteiger partial charge in [-0.2, -0.15) is 0 Å². The molecular formula is C20H34NO4P. The molecule has 0 unspecified atom stereocenters. The Balaban J connectivity index is 3.91. The minimum absolute atomic E-state index is 0.101. The molecule has 0 aliphatic heterocycles. The summed E-state index contributed by atoms with van der Waals surface area (Å²) in [6, 6.07) is 9.58. The van der Waals surface area contributed by atoms with Crippen molar-refractivity contribution in [2.75, 3.05) is 19.7 Å². The Bertz CT molecular complexity index is 595. The Morgan fingerprint density at radius 1 is 0.962 bits per heavy atom. The van der Waals surface area contributed by atoms with E-state index in [1.165, 1.54) is 0 Å². The van der Waals surface area contributed by atoms with Gasteiger partial charge in [-0.3, -0.25) is 0 Å². The van der Waals surface area contributed by atoms with E-state index in [1.54, 1.807) is 0 Å². The van der Waals surface area contributed by atoms with Crippen LogP contribution in [0, 0.1) is 0 Å². The second-order valence-electron chi connectivity index (χ2n) is 6.40. The maximum atomic E-state index is 13.1. The van der Waals surface area contributed by atoms with E-state index in [0.717, 1.165) is 5.56 Å². The zero-order valence-corrected chi connectivity index (χ0v) is 18.1. The van der Waals surface area contributed by atoms with Gasteiger partial charge in [0, 0.05) is 13.1 Å². The van der Waals surface area contributed by atoms with E-state index in [2.05, 4.69) is 18.5 Å². The van der Waals surface area contributed by atoms with Crippen molar-refractivity contribution in [2.24, 2.45) is 0 Å². The number of nitrogens with zero attached hydrogens (tertiary/aromatic N) is 1. The first-order chi connectivity index (χ1) is 12.3. The lowest BCUT2D eigenvalue weighted by Crippen LogP contribution is -2.33. The zero-order valence-electron chi connectivity index (χ0n) is 17.2. The third kappa shape index (κ3) is 5.68. The van der Waals surface area contributed by atoms with Crippen LogP contribution in [-0.4, -0.2) is 47.8 Å². The summed E-state index contributed by atoms with van der Waals surface area (Å²) in [4.78, 5) is 13.1. The van der Waals surface area contributed by atoms with Gasteiger partial charge in [0.05, 0.1) is 18.8 Å². The highest BCUT2D eigenvalue weighted by molar-refractivity contribution is 7.67. The lowest BCUT2D eigenvalue weighted by Gasteiger charge is -2.40. The van der Waals surface area contributed by atoms with E-state index in [4.69, 9.17) is 13.8 Å². The number of ether oxygens (including phenoxy) is 1. The molecule has 0 saturated heterocycles. The molecule has 1 aromatic rings. The maximum absolute atomic E-state index is 13.1. The van der Waals surface area contributed by atoms with Crippen molar-refractivity contribution in [2.45, 2.75) is 60.7 Å². The largest absolute Gasteiger partial charge is 0.462 e. The van der Waals surface area contributed by atoms with Crippen LogP contribution >= 0.6 is 7.49 Å². The molecule has 6 heteroatoms. The number of benzene rings is 1. The molecule has 0 aliphatic rings. The van der Waals surface area contributed by atoms with Crippen LogP contribution in [0.4, 0.5) is 0 Å². The number of carbonyl (C=O) groups is 1. The normalized spacial score (nSPS) is 12.1. The third-order valence-electron chi connectivity index (χ3n) is 3.61. The van der Waals surface area contributed by atoms with Crippen LogP contribution in [0.2, 0.25) is 0 Å². The SMILES string of the molecule is CCOC(=O)C(c1ccccc1)=P(OC(C)C)(OC(C)C)N(CC)CC. The number of esters is 1. The molecule has 0 radical (unpaired) electrons. The molecule has 1 rings (SSSR count). The zero-order chi connectivity index (χ0) is 19.7. The van der Waals surface area contributed by atoms with Crippen molar-refractivity contribution >= 4 is 18.8 Å². The topological polar surface area (TPSA) is 48.0 Å². The molecule has 0 aromatic heterocycles. The predicted molar refractivity (Wildman–Crippen MR) is 109 cm³/mol. The van der Waals surface area contributed by atoms with E-state index >= 15 is 0 Å². The smallest absolute Gasteiger partial charge is 0.344 e. The minimum Gasteiger partial charge on any atom is -0.462 e. The van der Waals surface area contributed by atoms with Crippen LogP contribution in [0.3, 0.4) is 0 Å². The van der Waals surface area contributed by atoms with Crippen molar-refractivity contribution in [1.82, 2.24) is 4.67 Å². The molecule has 0 fully saturated rings. The molecule has 0 saturated carbocycles. The average molecular weight is 383 g/mol. The van der Waals surface area contributed by atoms with Crippen LogP contribution in [0.15, 0.2) is 30.3 Å². The highest BCUT2D eigenvalue weighted by Crippen LogP contribution is 2.58. The van der Waals surface area contributed by atoms with Gasteiger partial charge in [-0.25, -0.2) is 9.46 Å². The molecule has 0 spiro atoms. The van der Waals surface area contributed by atoms with Crippen LogP contribution in [0.25, 0.3) is 0 Å². The fraction of sp³-hybridized carbons (Fsp3) is 0.600. The van der Waals surface area contributed by atoms with Crippen molar-refractivity contribution in [1.29, 1.82) is 0 Å². The van der Waals surface area contributed by atoms with E-state index in [0.29, 0.717) is 25.0 Å². The van der Waals surface area contributed by atoms with Gasteiger partial charge in [0.1, 0.15) is 5.29 Å². The van der Waals surface area contributed by atoms with E-state index in [9.17, 15) is 4.79 Å². The summed E-state index contributed by atoms with van der Waals surface area (Å²) >= 11 is 0. The van der Waals surface area contributed by atoms with Crippen LogP contribution in [-0.2, 0) is 18.6 Å². The quantitative estimate of drug-likeness (QED) is 0.432. The van der Waals surface area contributed by atoms with Crippen LogP contribution < -0.4 is 0 Å². The number of hydrogen-bond donors (Lipinski definition) is 0. The molecule has 1 aromatic carbocycles. The van der Waals surface area contributed by atoms with E-state index < -0.39 is 7.49 Å². The summed E-state index contributed by atoms with van der Waals surface area (Å²) in [5.74, 6) is -0.375. The van der Waals surface area contributed by atoms with Crippen molar-refractivity contribution in [3.63, 3.8) is 0 Å². The summed E-state index contributed by atoms with van der Waals surface area (Å²) in [7, 11) is -2.86. The Hall–Kier alpha value is -1.13. The molecule has 0 atom stereocenters. The van der Waals surface area contributed by atoms with Crippen LogP contribution in [0.5, 0.6) is 0 Å². The maximum Gasteiger partial charge on any atom is 0.344 e. The predicted octanol–water partition coefficient (Wildman–Crippen LogP) is 4.72. The lowest BCUT2D eigenvalue weighted by atomic mass is 10.1. The third-order valence-corrected chi connectivity index (χ3v) is 7.34. The summed E-state index contributed by atoms with van der Waals surface area (Å²) in [6.07, 6.45) is -0.202. The highest BCUT2D eigenvalue weighted by Gasteiger charge is 2.38. The highest BCUT2D eigenvalue weighted by atomic mass is 31.2. The van der Waals surface area contributed by atoms with Gasteiger partial charge in [-0.15, -0.1) is 0 Å². The fourth-order valence-corrected chi connectivity index (χ4v) is 6.23. The standard InChI is InChI=1S/C20H34NO4P/c1-8-21(9-2)26(24-16(4)5,25-17(6)7)19(20(22)23-10-3)18-14-12-11-13-15-18/h11-17H,8-10H2,1-7H3. The monoisotopic (exact) mass is 383 g/mol. The first-order valence-electron chi connectivity index (χ1n) is 9.43. The van der Waals surface area contributed by atoms with Gasteiger partial charge in [0.25, 0.3) is 0 Å². The van der Waals surface area contributed by atoms with Crippen LogP contribution in [0.1, 0.15) is 54.0 Å². The molecule has 148 valence electrons. The molecule has 26 heavy (non-hydrogen) atoms. The Morgan fingerprint density at radius 2 is 1.46 bits per heavy atom. The summed E-state index contributed by atoms with van der Waals surface area (Å²) in [5.41, 5.74) is 0.785. The summed E-state index contributed by atoms with van der Waals surface area (Å²) in [5, 5.41) is 0.492. The minimum atomic E-state index is -2.86. The van der Waals surface area contributed by atoms with Gasteiger partial charge in [0.15, 0.2) is 0 Å². The second kappa shape index (κ2) is 10.9. The molecule has 0 bridgehead atoms. The number of rotatable bonds is 10. The number of hydrogen-bond acceptors (Lipinski definition) is 5. The molecular weight excluding hydrogens is 349 g/mol. The first-order valence-corrected chi connectivity index (χ1v) is 11.0. The van der Waals surface area contributed by atoms with Gasteiger partial charge in [-0.1, -0.05) is 44.2 Å². The van der Waals surface area contributed by atoms with Gasteiger partial charge in [0.2, 0.25) is 7.49 Å². The molecule has 0 N–H and O–H groups in total. The first kappa shape index (κ1) is 22.9. The lowest BCUT2D eigenvalue weighted by molar-refractivity contribution is -0.134. The Kier molecular flexibility index (Phi) is 9.59. The van der Waals surface area contributed by atoms with Gasteiger partial charge < -0.3 is 13.8 Å². The Labute approximate surface area is 158 Å². The summed E-state index contributed by atoms with van der Waals surface area (Å²) < 4.78 is 20.5. The second-order valence-corrected chi connectivity index (χ2v) is 8.88. The molecule has 0 amide bonds. The van der Waals surface area contributed by atoms with Crippen molar-refractivity contribution in [3.05, 3.63) is 35.9 Å². The number of carbonyl (C=O) groups excluding carboxylic acids is 1. The Morgan fingerprint density at radius 3 is 1.85 bits per heavy atom. The summed E-state index contributed by atoms with van der Waals surface area (Å²) in [6.45, 7) is 15.5. The molecule has 0 aliphatic carbocycles.